The molecule has 0 saturated heterocycles. The summed E-state index contributed by atoms with van der Waals surface area (Å²) in [5.74, 6) is 0.527. The second-order valence-electron chi connectivity index (χ2n) is 3.87. The molecule has 11 heavy (non-hydrogen) atoms. The highest BCUT2D eigenvalue weighted by Crippen LogP contribution is 2.24. The van der Waals surface area contributed by atoms with Crippen LogP contribution in [0.25, 0.3) is 0 Å². The number of aliphatic hydroxyl groups excluding tert-OH is 1. The Bertz CT molecular complexity index is 114. The molecule has 1 saturated carbocycles. The van der Waals surface area contributed by atoms with E-state index < -0.39 is 0 Å². The van der Waals surface area contributed by atoms with Crippen molar-refractivity contribution in [3.63, 3.8) is 0 Å². The van der Waals surface area contributed by atoms with Crippen molar-refractivity contribution in [1.29, 1.82) is 0 Å². The van der Waals surface area contributed by atoms with Crippen molar-refractivity contribution in [2.45, 2.75) is 31.8 Å². The third-order valence-corrected chi connectivity index (χ3v) is 2.47. The molecular weight excluding hydrogens is 138 g/mol. The Morgan fingerprint density at radius 2 is 1.91 bits per heavy atom. The molecule has 1 rings (SSSR count). The van der Waals surface area contributed by atoms with E-state index in [0.717, 1.165) is 13.0 Å². The molecule has 1 N–H and O–H groups in total. The first kappa shape index (κ1) is 9.01. The molecule has 1 aliphatic carbocycles. The van der Waals surface area contributed by atoms with Gasteiger partial charge in [-0.2, -0.15) is 0 Å². The number of hydrogen-bond acceptors (Lipinski definition) is 2. The van der Waals surface area contributed by atoms with E-state index in [0.29, 0.717) is 5.92 Å². The van der Waals surface area contributed by atoms with Crippen LogP contribution in [0.5, 0.6) is 0 Å². The fourth-order valence-corrected chi connectivity index (χ4v) is 1.87. The summed E-state index contributed by atoms with van der Waals surface area (Å²) in [6.45, 7) is 1.04. The normalized spacial score (nSPS) is 32.7. The first-order chi connectivity index (χ1) is 5.20. The first-order valence-electron chi connectivity index (χ1n) is 4.53. The molecule has 66 valence electrons. The van der Waals surface area contributed by atoms with Crippen LogP contribution in [0.1, 0.15) is 25.7 Å². The summed E-state index contributed by atoms with van der Waals surface area (Å²) in [7, 11) is 4.14. The van der Waals surface area contributed by atoms with Crippen molar-refractivity contribution in [1.82, 2.24) is 4.90 Å². The van der Waals surface area contributed by atoms with Crippen molar-refractivity contribution in [3.05, 3.63) is 0 Å². The minimum atomic E-state index is -0.0360. The minimum Gasteiger partial charge on any atom is -0.393 e. The molecule has 0 bridgehead atoms. The number of hydrogen-bond donors (Lipinski definition) is 1. The fourth-order valence-electron chi connectivity index (χ4n) is 1.87. The van der Waals surface area contributed by atoms with Gasteiger partial charge in [-0.1, -0.05) is 12.8 Å². The van der Waals surface area contributed by atoms with Crippen LogP contribution in [-0.2, 0) is 0 Å². The van der Waals surface area contributed by atoms with Gasteiger partial charge in [-0.15, -0.1) is 0 Å². The van der Waals surface area contributed by atoms with E-state index in [4.69, 9.17) is 0 Å². The quantitative estimate of drug-likeness (QED) is 0.649. The zero-order chi connectivity index (χ0) is 8.27. The molecule has 2 nitrogen and oxygen atoms in total. The highest BCUT2D eigenvalue weighted by atomic mass is 16.3. The molecule has 0 aromatic carbocycles. The van der Waals surface area contributed by atoms with Gasteiger partial charge < -0.3 is 10.0 Å². The lowest BCUT2D eigenvalue weighted by atomic mass is 9.86. The maximum absolute atomic E-state index is 9.59. The van der Waals surface area contributed by atoms with Gasteiger partial charge >= 0.3 is 0 Å². The maximum Gasteiger partial charge on any atom is 0.0580 e. The third kappa shape index (κ3) is 2.80. The summed E-state index contributed by atoms with van der Waals surface area (Å²) in [5, 5.41) is 9.59. The van der Waals surface area contributed by atoms with Crippen LogP contribution in [-0.4, -0.2) is 36.8 Å². The average Bonchev–Trinajstić information content (AvgIpc) is 1.93. The summed E-state index contributed by atoms with van der Waals surface area (Å²) < 4.78 is 0. The molecular formula is C9H19NO. The van der Waals surface area contributed by atoms with Gasteiger partial charge in [-0.3, -0.25) is 0 Å². The summed E-state index contributed by atoms with van der Waals surface area (Å²) >= 11 is 0. The molecule has 0 spiro atoms. The van der Waals surface area contributed by atoms with Gasteiger partial charge in [0.15, 0.2) is 0 Å². The van der Waals surface area contributed by atoms with E-state index >= 15 is 0 Å². The van der Waals surface area contributed by atoms with E-state index in [-0.39, 0.29) is 6.10 Å². The van der Waals surface area contributed by atoms with E-state index in [9.17, 15) is 5.11 Å². The van der Waals surface area contributed by atoms with Gasteiger partial charge in [-0.05, 0) is 32.9 Å². The van der Waals surface area contributed by atoms with Gasteiger partial charge in [0, 0.05) is 6.54 Å². The van der Waals surface area contributed by atoms with Gasteiger partial charge in [0.1, 0.15) is 0 Å². The maximum atomic E-state index is 9.59. The predicted octanol–water partition coefficient (Wildman–Crippen LogP) is 1.10. The topological polar surface area (TPSA) is 23.5 Å². The number of nitrogens with zero attached hydrogens (tertiary/aromatic N) is 1. The van der Waals surface area contributed by atoms with Crippen LogP contribution in [0, 0.1) is 5.92 Å². The minimum absolute atomic E-state index is 0.0360. The lowest BCUT2D eigenvalue weighted by Gasteiger charge is -2.29. The van der Waals surface area contributed by atoms with Crippen LogP contribution in [0.4, 0.5) is 0 Å². The summed E-state index contributed by atoms with van der Waals surface area (Å²) in [6, 6.07) is 0. The zero-order valence-corrected chi connectivity index (χ0v) is 7.58. The van der Waals surface area contributed by atoms with E-state index in [1.807, 2.05) is 0 Å². The second kappa shape index (κ2) is 4.07. The smallest absolute Gasteiger partial charge is 0.0580 e. The number of rotatable bonds is 2. The highest BCUT2D eigenvalue weighted by Gasteiger charge is 2.22. The highest BCUT2D eigenvalue weighted by molar-refractivity contribution is 4.75. The van der Waals surface area contributed by atoms with Gasteiger partial charge in [0.25, 0.3) is 0 Å². The molecule has 0 aromatic rings. The van der Waals surface area contributed by atoms with Gasteiger partial charge in [-0.25, -0.2) is 0 Å². The van der Waals surface area contributed by atoms with Crippen LogP contribution in [0.15, 0.2) is 0 Å². The Kier molecular flexibility index (Phi) is 3.34. The molecule has 0 aliphatic heterocycles. The third-order valence-electron chi connectivity index (χ3n) is 2.47. The van der Waals surface area contributed by atoms with Crippen LogP contribution in [0.3, 0.4) is 0 Å². The van der Waals surface area contributed by atoms with Crippen molar-refractivity contribution in [3.8, 4) is 0 Å². The molecule has 1 aliphatic rings. The molecule has 0 aromatic heterocycles. The average molecular weight is 157 g/mol. The lowest BCUT2D eigenvalue weighted by molar-refractivity contribution is 0.0555. The molecule has 0 radical (unpaired) electrons. The largest absolute Gasteiger partial charge is 0.393 e. The summed E-state index contributed by atoms with van der Waals surface area (Å²) in [4.78, 5) is 2.17. The Morgan fingerprint density at radius 1 is 1.27 bits per heavy atom. The predicted molar refractivity (Wildman–Crippen MR) is 46.5 cm³/mol. The Hall–Kier alpha value is -0.0800. The van der Waals surface area contributed by atoms with E-state index in [2.05, 4.69) is 19.0 Å². The fraction of sp³-hybridized carbons (Fsp3) is 1.00. The Balaban J connectivity index is 2.29. The van der Waals surface area contributed by atoms with Crippen molar-refractivity contribution >= 4 is 0 Å². The SMILES string of the molecule is CN(C)C[C@H]1CCCC[C@H]1O. The van der Waals surface area contributed by atoms with Crippen LogP contribution >= 0.6 is 0 Å². The van der Waals surface area contributed by atoms with Crippen LogP contribution in [0.2, 0.25) is 0 Å². The monoisotopic (exact) mass is 157 g/mol. The Morgan fingerprint density at radius 3 is 2.45 bits per heavy atom. The van der Waals surface area contributed by atoms with Crippen LogP contribution < -0.4 is 0 Å². The molecule has 0 unspecified atom stereocenters. The molecule has 0 amide bonds. The summed E-state index contributed by atoms with van der Waals surface area (Å²) in [6.07, 6.45) is 4.70. The zero-order valence-electron chi connectivity index (χ0n) is 7.58. The first-order valence-corrected chi connectivity index (χ1v) is 4.53. The lowest BCUT2D eigenvalue weighted by Crippen LogP contribution is -2.33. The molecule has 2 heteroatoms. The molecule has 2 atom stereocenters. The van der Waals surface area contributed by atoms with Gasteiger partial charge in [0.05, 0.1) is 6.10 Å². The Labute approximate surface area is 69.2 Å². The van der Waals surface area contributed by atoms with Crippen molar-refractivity contribution < 1.29 is 5.11 Å². The standard InChI is InChI=1S/C9H19NO/c1-10(2)7-8-5-3-4-6-9(8)11/h8-9,11H,3-7H2,1-2H3/t8-,9-/m1/s1. The van der Waals surface area contributed by atoms with Crippen molar-refractivity contribution in [2.24, 2.45) is 5.92 Å². The molecule has 1 fully saturated rings. The van der Waals surface area contributed by atoms with E-state index in [1.54, 1.807) is 0 Å². The van der Waals surface area contributed by atoms with E-state index in [1.165, 1.54) is 19.3 Å². The number of aliphatic hydroxyl groups is 1. The second-order valence-corrected chi connectivity index (χ2v) is 3.87. The summed E-state index contributed by atoms with van der Waals surface area (Å²) in [5.41, 5.74) is 0. The van der Waals surface area contributed by atoms with Crippen molar-refractivity contribution in [2.75, 3.05) is 20.6 Å². The molecule has 0 heterocycles. The van der Waals surface area contributed by atoms with Gasteiger partial charge in [0.2, 0.25) is 0 Å².